The Kier molecular flexibility index (Phi) is 5.14. The molecule has 222 valence electrons. The Balaban J connectivity index is 1.29. The molecule has 48 heavy (non-hydrogen) atoms. The van der Waals surface area contributed by atoms with Crippen LogP contribution in [0, 0.1) is 0 Å². The lowest BCUT2D eigenvalue weighted by atomic mass is 9.83. The third-order valence-corrected chi connectivity index (χ3v) is 10.3. The van der Waals surface area contributed by atoms with E-state index in [1.54, 1.807) is 0 Å². The Bertz CT molecular complexity index is 2990. The van der Waals surface area contributed by atoms with E-state index in [1.165, 1.54) is 92.8 Å². The summed E-state index contributed by atoms with van der Waals surface area (Å²) in [6.45, 7) is 0. The predicted octanol–water partition coefficient (Wildman–Crippen LogP) is 12.9. The molecule has 0 amide bonds. The van der Waals surface area contributed by atoms with E-state index < -0.39 is 0 Å². The minimum atomic E-state index is 0.937. The van der Waals surface area contributed by atoms with E-state index in [4.69, 9.17) is 4.42 Å². The van der Waals surface area contributed by atoms with Crippen LogP contribution in [0.1, 0.15) is 0 Å². The average molecular weight is 610 g/mol. The van der Waals surface area contributed by atoms with Gasteiger partial charge in [0.15, 0.2) is 0 Å². The summed E-state index contributed by atoms with van der Waals surface area (Å²) in [6, 6.07) is 59.5. The Labute approximate surface area is 276 Å². The third kappa shape index (κ3) is 3.36. The first-order chi connectivity index (χ1) is 23.8. The molecule has 0 aliphatic rings. The quantitative estimate of drug-likeness (QED) is 0.144. The normalized spacial score (nSPS) is 12.2. The Morgan fingerprint density at radius 2 is 0.938 bits per heavy atom. The Morgan fingerprint density at radius 3 is 1.69 bits per heavy atom. The van der Waals surface area contributed by atoms with Gasteiger partial charge in [0, 0.05) is 27.2 Å². The van der Waals surface area contributed by atoms with Gasteiger partial charge in [0.05, 0.1) is 11.0 Å². The van der Waals surface area contributed by atoms with E-state index in [2.05, 4.69) is 168 Å². The van der Waals surface area contributed by atoms with E-state index in [-0.39, 0.29) is 0 Å². The molecular formula is C46H27NO. The van der Waals surface area contributed by atoms with Crippen molar-refractivity contribution < 1.29 is 4.42 Å². The second-order valence-electron chi connectivity index (χ2n) is 12.8. The highest BCUT2D eigenvalue weighted by molar-refractivity contribution is 6.30. The summed E-state index contributed by atoms with van der Waals surface area (Å²) >= 11 is 0. The molecule has 11 rings (SSSR count). The van der Waals surface area contributed by atoms with Gasteiger partial charge in [0.25, 0.3) is 0 Å². The Morgan fingerprint density at radius 1 is 0.333 bits per heavy atom. The van der Waals surface area contributed by atoms with Gasteiger partial charge in [-0.15, -0.1) is 0 Å². The zero-order chi connectivity index (χ0) is 31.3. The summed E-state index contributed by atoms with van der Waals surface area (Å²) in [5, 5.41) is 12.4. The summed E-state index contributed by atoms with van der Waals surface area (Å²) in [6.07, 6.45) is 0. The predicted molar refractivity (Wildman–Crippen MR) is 203 cm³/mol. The van der Waals surface area contributed by atoms with E-state index in [1.807, 2.05) is 0 Å². The summed E-state index contributed by atoms with van der Waals surface area (Å²) in [5.74, 6) is 0. The molecule has 2 heteroatoms. The van der Waals surface area contributed by atoms with E-state index in [0.29, 0.717) is 0 Å². The minimum absolute atomic E-state index is 0.937. The molecule has 2 nitrogen and oxygen atoms in total. The van der Waals surface area contributed by atoms with Crippen molar-refractivity contribution in [1.29, 1.82) is 0 Å². The monoisotopic (exact) mass is 609 g/mol. The maximum absolute atomic E-state index is 6.36. The van der Waals surface area contributed by atoms with Crippen LogP contribution in [0.2, 0.25) is 0 Å². The van der Waals surface area contributed by atoms with Gasteiger partial charge in [0.2, 0.25) is 0 Å². The second-order valence-corrected chi connectivity index (χ2v) is 12.8. The smallest absolute Gasteiger partial charge is 0.136 e. The number of nitrogens with zero attached hydrogens (tertiary/aromatic N) is 1. The zero-order valence-electron chi connectivity index (χ0n) is 25.9. The number of hydrogen-bond acceptors (Lipinski definition) is 1. The van der Waals surface area contributed by atoms with Crippen molar-refractivity contribution in [3.8, 4) is 27.9 Å². The van der Waals surface area contributed by atoms with Gasteiger partial charge in [-0.2, -0.15) is 0 Å². The van der Waals surface area contributed by atoms with E-state index in [0.717, 1.165) is 11.2 Å². The molecule has 0 spiro atoms. The van der Waals surface area contributed by atoms with Crippen LogP contribution >= 0.6 is 0 Å². The molecule has 0 aliphatic carbocycles. The fourth-order valence-corrected chi connectivity index (χ4v) is 8.46. The highest BCUT2D eigenvalue weighted by atomic mass is 16.3. The van der Waals surface area contributed by atoms with Crippen LogP contribution in [0.5, 0.6) is 0 Å². The topological polar surface area (TPSA) is 18.1 Å². The first kappa shape index (κ1) is 25.8. The van der Waals surface area contributed by atoms with Crippen LogP contribution in [0.25, 0.3) is 104 Å². The molecule has 0 radical (unpaired) electrons. The largest absolute Gasteiger partial charge is 0.456 e. The van der Waals surface area contributed by atoms with Gasteiger partial charge < -0.3 is 8.98 Å². The molecular weight excluding hydrogens is 583 g/mol. The summed E-state index contributed by atoms with van der Waals surface area (Å²) in [4.78, 5) is 0. The molecule has 0 N–H and O–H groups in total. The van der Waals surface area contributed by atoms with Crippen molar-refractivity contribution in [2.75, 3.05) is 0 Å². The average Bonchev–Trinajstić information content (AvgIpc) is 3.70. The second kappa shape index (κ2) is 9.57. The molecule has 0 saturated heterocycles. The summed E-state index contributed by atoms with van der Waals surface area (Å²) in [7, 11) is 0. The van der Waals surface area contributed by atoms with Gasteiger partial charge in [-0.05, 0) is 97.0 Å². The van der Waals surface area contributed by atoms with Crippen molar-refractivity contribution in [3.63, 3.8) is 0 Å². The molecule has 2 aromatic heterocycles. The highest BCUT2D eigenvalue weighted by Crippen LogP contribution is 2.49. The molecule has 0 bridgehead atoms. The standard InChI is InChI=1S/C46H27NO/c1-2-13-29(14-3-1)47-38-21-9-8-19-36(38)45-37(20-11-22-39(45)47)44-32-17-6-4-15-30(32)43(31-16-5-7-18-33(31)44)34-26-27-41-46-35(34)25-24-28-12-10-23-40(48-41)42(28)46/h1-27H. The van der Waals surface area contributed by atoms with Gasteiger partial charge in [0.1, 0.15) is 11.2 Å². The number of aromatic nitrogens is 1. The molecule has 2 heterocycles. The maximum atomic E-state index is 6.36. The number of para-hydroxylation sites is 2. The molecule has 0 fully saturated rings. The number of furan rings is 1. The molecule has 0 atom stereocenters. The molecule has 0 aliphatic heterocycles. The number of fused-ring (bicyclic) bond motifs is 5. The number of rotatable bonds is 3. The van der Waals surface area contributed by atoms with Crippen LogP contribution in [0.15, 0.2) is 168 Å². The number of benzene rings is 9. The lowest BCUT2D eigenvalue weighted by Crippen LogP contribution is -1.94. The SMILES string of the molecule is c1ccc(-n2c3ccccc3c3c(-c4c5ccccc5c(-c5ccc6oc7cccc8ccc5c6c87)c5ccccc45)cccc32)cc1. The summed E-state index contributed by atoms with van der Waals surface area (Å²) < 4.78 is 8.77. The molecule has 9 aromatic carbocycles. The van der Waals surface area contributed by atoms with Gasteiger partial charge in [-0.25, -0.2) is 0 Å². The van der Waals surface area contributed by atoms with Crippen LogP contribution in [-0.2, 0) is 0 Å². The summed E-state index contributed by atoms with van der Waals surface area (Å²) in [5.41, 5.74) is 10.5. The lowest BCUT2D eigenvalue weighted by Gasteiger charge is -2.19. The lowest BCUT2D eigenvalue weighted by molar-refractivity contribution is 0.669. The molecule has 0 saturated carbocycles. The first-order valence-corrected chi connectivity index (χ1v) is 16.5. The third-order valence-electron chi connectivity index (χ3n) is 10.3. The number of hydrogen-bond donors (Lipinski definition) is 0. The highest BCUT2D eigenvalue weighted by Gasteiger charge is 2.23. The fourth-order valence-electron chi connectivity index (χ4n) is 8.46. The van der Waals surface area contributed by atoms with Gasteiger partial charge >= 0.3 is 0 Å². The zero-order valence-corrected chi connectivity index (χ0v) is 25.9. The fraction of sp³-hybridized carbons (Fsp3) is 0. The van der Waals surface area contributed by atoms with Crippen LogP contribution < -0.4 is 0 Å². The van der Waals surface area contributed by atoms with E-state index in [9.17, 15) is 0 Å². The van der Waals surface area contributed by atoms with Crippen molar-refractivity contribution in [1.82, 2.24) is 4.57 Å². The first-order valence-electron chi connectivity index (χ1n) is 16.5. The van der Waals surface area contributed by atoms with Gasteiger partial charge in [-0.3, -0.25) is 0 Å². The van der Waals surface area contributed by atoms with Crippen LogP contribution in [0.4, 0.5) is 0 Å². The molecule has 11 aromatic rings. The van der Waals surface area contributed by atoms with E-state index >= 15 is 0 Å². The van der Waals surface area contributed by atoms with Crippen molar-refractivity contribution in [2.45, 2.75) is 0 Å². The van der Waals surface area contributed by atoms with Crippen LogP contribution in [0.3, 0.4) is 0 Å². The van der Waals surface area contributed by atoms with Crippen LogP contribution in [-0.4, -0.2) is 4.57 Å². The molecule has 0 unspecified atom stereocenters. The van der Waals surface area contributed by atoms with Crippen molar-refractivity contribution in [3.05, 3.63) is 164 Å². The minimum Gasteiger partial charge on any atom is -0.456 e. The van der Waals surface area contributed by atoms with Gasteiger partial charge in [-0.1, -0.05) is 121 Å². The maximum Gasteiger partial charge on any atom is 0.136 e. The van der Waals surface area contributed by atoms with Crippen molar-refractivity contribution >= 4 is 76.1 Å². The van der Waals surface area contributed by atoms with Crippen molar-refractivity contribution in [2.24, 2.45) is 0 Å². The Hall–Kier alpha value is -6.38.